The fourth-order valence-electron chi connectivity index (χ4n) is 2.43. The van der Waals surface area contributed by atoms with Crippen LogP contribution in [0.15, 0.2) is 52.1 Å². The Balaban J connectivity index is 1.78. The number of nitro groups is 1. The van der Waals surface area contributed by atoms with E-state index >= 15 is 0 Å². The van der Waals surface area contributed by atoms with Crippen molar-refractivity contribution in [2.24, 2.45) is 5.16 Å². The minimum atomic E-state index is -0.962. The highest BCUT2D eigenvalue weighted by molar-refractivity contribution is 6.39. The molecule has 2 aromatic carbocycles. The molecule has 0 aliphatic heterocycles. The molecule has 29 heavy (non-hydrogen) atoms. The van der Waals surface area contributed by atoms with E-state index in [0.717, 1.165) is 6.21 Å². The number of para-hydroxylation sites is 1. The summed E-state index contributed by atoms with van der Waals surface area (Å²) in [6, 6.07) is 10.8. The first kappa shape index (κ1) is 20.3. The van der Waals surface area contributed by atoms with Crippen LogP contribution < -0.4 is 5.32 Å². The number of rotatable bonds is 5. The minimum absolute atomic E-state index is 0.175. The first-order valence-corrected chi connectivity index (χ1v) is 8.79. The monoisotopic (exact) mass is 434 g/mol. The van der Waals surface area contributed by atoms with Gasteiger partial charge < -0.3 is 4.52 Å². The van der Waals surface area contributed by atoms with Gasteiger partial charge >= 0.3 is 6.09 Å². The molecule has 1 N–H and O–H groups in total. The van der Waals surface area contributed by atoms with Gasteiger partial charge in [0.2, 0.25) is 0 Å². The van der Waals surface area contributed by atoms with Crippen LogP contribution in [0.4, 0.5) is 16.2 Å². The number of aryl methyl sites for hydroxylation is 1. The van der Waals surface area contributed by atoms with E-state index in [0.29, 0.717) is 15.6 Å². The van der Waals surface area contributed by atoms with Crippen LogP contribution in [-0.2, 0) is 4.84 Å². The number of nitrogens with zero attached hydrogens (tertiary/aromatic N) is 3. The van der Waals surface area contributed by atoms with Crippen molar-refractivity contribution in [3.63, 3.8) is 0 Å². The van der Waals surface area contributed by atoms with E-state index in [-0.39, 0.29) is 28.4 Å². The summed E-state index contributed by atoms with van der Waals surface area (Å²) in [4.78, 5) is 27.2. The van der Waals surface area contributed by atoms with E-state index in [2.05, 4.69) is 15.6 Å². The summed E-state index contributed by atoms with van der Waals surface area (Å²) in [5.74, 6) is 0.288. The van der Waals surface area contributed by atoms with Gasteiger partial charge in [-0.3, -0.25) is 20.3 Å². The fourth-order valence-corrected chi connectivity index (χ4v) is 3.01. The number of hydrogen-bond donors (Lipinski definition) is 1. The maximum absolute atomic E-state index is 12.1. The molecular weight excluding hydrogens is 423 g/mol. The summed E-state index contributed by atoms with van der Waals surface area (Å²) in [7, 11) is 0. The van der Waals surface area contributed by atoms with Crippen LogP contribution in [0.5, 0.6) is 0 Å². The molecule has 0 saturated heterocycles. The number of benzene rings is 2. The summed E-state index contributed by atoms with van der Waals surface area (Å²) in [5.41, 5.74) is 0.802. The van der Waals surface area contributed by atoms with Crippen molar-refractivity contribution in [3.8, 4) is 11.3 Å². The van der Waals surface area contributed by atoms with E-state index in [9.17, 15) is 14.9 Å². The fraction of sp³-hybridized carbons (Fsp3) is 0.0556. The number of halogens is 2. The predicted molar refractivity (Wildman–Crippen MR) is 107 cm³/mol. The maximum Gasteiger partial charge on any atom is 0.438 e. The SMILES string of the molecule is Cc1onc(-c2c(Cl)cccc2Cl)c1NC(=O)O/N=C/c1ccccc1[N+](=O)[O-]. The van der Waals surface area contributed by atoms with Crippen LogP contribution in [0, 0.1) is 17.0 Å². The molecule has 3 aromatic rings. The van der Waals surface area contributed by atoms with E-state index in [1.165, 1.54) is 18.2 Å². The quantitative estimate of drug-likeness (QED) is 0.246. The average Bonchev–Trinajstić information content (AvgIpc) is 3.02. The number of nitrogens with one attached hydrogen (secondary N) is 1. The predicted octanol–water partition coefficient (Wildman–Crippen LogP) is 5.45. The van der Waals surface area contributed by atoms with Gasteiger partial charge in [0.15, 0.2) is 5.76 Å². The van der Waals surface area contributed by atoms with Crippen LogP contribution in [-0.4, -0.2) is 22.4 Å². The zero-order valence-corrected chi connectivity index (χ0v) is 16.3. The molecule has 3 rings (SSSR count). The lowest BCUT2D eigenvalue weighted by molar-refractivity contribution is -0.385. The second-order valence-electron chi connectivity index (χ2n) is 5.61. The first-order chi connectivity index (χ1) is 13.9. The summed E-state index contributed by atoms with van der Waals surface area (Å²) >= 11 is 12.4. The maximum atomic E-state index is 12.1. The molecule has 0 spiro atoms. The molecular formula is C18H12Cl2N4O5. The van der Waals surface area contributed by atoms with Crippen molar-refractivity contribution < 1.29 is 19.1 Å². The molecule has 0 bridgehead atoms. The Labute approximate surface area is 174 Å². The van der Waals surface area contributed by atoms with Crippen LogP contribution in [0.1, 0.15) is 11.3 Å². The lowest BCUT2D eigenvalue weighted by Gasteiger charge is -2.07. The van der Waals surface area contributed by atoms with Crippen molar-refractivity contribution in [3.05, 3.63) is 73.9 Å². The molecule has 0 aliphatic carbocycles. The van der Waals surface area contributed by atoms with E-state index in [4.69, 9.17) is 32.6 Å². The highest BCUT2D eigenvalue weighted by atomic mass is 35.5. The Kier molecular flexibility index (Phi) is 6.10. The summed E-state index contributed by atoms with van der Waals surface area (Å²) < 4.78 is 5.13. The number of oxime groups is 1. The van der Waals surface area contributed by atoms with Gasteiger partial charge in [-0.25, -0.2) is 4.79 Å². The zero-order valence-electron chi connectivity index (χ0n) is 14.8. The van der Waals surface area contributed by atoms with Gasteiger partial charge in [0.1, 0.15) is 11.4 Å². The van der Waals surface area contributed by atoms with E-state index < -0.39 is 11.0 Å². The molecule has 148 valence electrons. The molecule has 1 aromatic heterocycles. The van der Waals surface area contributed by atoms with Gasteiger partial charge in [-0.2, -0.15) is 0 Å². The number of carbonyl (C=O) groups is 1. The highest BCUT2D eigenvalue weighted by Crippen LogP contribution is 2.39. The van der Waals surface area contributed by atoms with Crippen LogP contribution in [0.2, 0.25) is 10.0 Å². The third kappa shape index (κ3) is 4.53. The standard InChI is InChI=1S/C18H12Cl2N4O5/c1-10-16(17(23-28-10)15-12(19)6-4-7-13(15)20)22-18(25)29-21-9-11-5-2-3-8-14(11)24(26)27/h2-9H,1H3,(H,22,25)/b21-9+. The van der Waals surface area contributed by atoms with Gasteiger partial charge in [0.05, 0.1) is 26.7 Å². The third-order valence-corrected chi connectivity index (χ3v) is 4.38. The number of aromatic nitrogens is 1. The van der Waals surface area contributed by atoms with Gasteiger partial charge in [-0.15, -0.1) is 0 Å². The first-order valence-electron chi connectivity index (χ1n) is 8.04. The van der Waals surface area contributed by atoms with Crippen molar-refractivity contribution in [2.75, 3.05) is 5.32 Å². The molecule has 9 nitrogen and oxygen atoms in total. The largest absolute Gasteiger partial charge is 0.438 e. The normalized spacial score (nSPS) is 10.9. The number of nitro benzene ring substituents is 1. The van der Waals surface area contributed by atoms with Crippen molar-refractivity contribution in [1.29, 1.82) is 0 Å². The smallest absolute Gasteiger partial charge is 0.359 e. The van der Waals surface area contributed by atoms with Crippen LogP contribution in [0.3, 0.4) is 0 Å². The van der Waals surface area contributed by atoms with Gasteiger partial charge in [0.25, 0.3) is 5.69 Å². The zero-order chi connectivity index (χ0) is 21.0. The minimum Gasteiger partial charge on any atom is -0.359 e. The Morgan fingerprint density at radius 3 is 2.62 bits per heavy atom. The van der Waals surface area contributed by atoms with Crippen molar-refractivity contribution >= 4 is 46.9 Å². The molecule has 0 aliphatic rings. The summed E-state index contributed by atoms with van der Waals surface area (Å²) in [6.45, 7) is 1.58. The Bertz CT molecular complexity index is 1090. The van der Waals surface area contributed by atoms with Gasteiger partial charge in [-0.05, 0) is 25.1 Å². The van der Waals surface area contributed by atoms with Crippen LogP contribution in [0.25, 0.3) is 11.3 Å². The molecule has 0 fully saturated rings. The Hall–Kier alpha value is -3.43. The molecule has 0 atom stereocenters. The van der Waals surface area contributed by atoms with Crippen molar-refractivity contribution in [1.82, 2.24) is 5.16 Å². The molecule has 0 unspecified atom stereocenters. The van der Waals surface area contributed by atoms with Crippen molar-refractivity contribution in [2.45, 2.75) is 6.92 Å². The molecule has 0 saturated carbocycles. The topological polar surface area (TPSA) is 120 Å². The molecule has 0 radical (unpaired) electrons. The molecule has 1 amide bonds. The Morgan fingerprint density at radius 1 is 1.24 bits per heavy atom. The lowest BCUT2D eigenvalue weighted by atomic mass is 10.1. The summed E-state index contributed by atoms with van der Waals surface area (Å²) in [6.07, 6.45) is 0.0971. The average molecular weight is 435 g/mol. The van der Waals surface area contributed by atoms with E-state index in [1.54, 1.807) is 31.2 Å². The number of hydrogen-bond acceptors (Lipinski definition) is 7. The summed E-state index contributed by atoms with van der Waals surface area (Å²) in [5, 5.41) is 21.4. The van der Waals surface area contributed by atoms with Gasteiger partial charge in [-0.1, -0.05) is 51.7 Å². The van der Waals surface area contributed by atoms with E-state index in [1.807, 2.05) is 0 Å². The number of anilines is 1. The number of carbonyl (C=O) groups excluding carboxylic acids is 1. The second kappa shape index (κ2) is 8.72. The van der Waals surface area contributed by atoms with Crippen LogP contribution >= 0.6 is 23.2 Å². The van der Waals surface area contributed by atoms with Gasteiger partial charge in [0, 0.05) is 11.6 Å². The number of amides is 1. The third-order valence-electron chi connectivity index (χ3n) is 3.75. The highest BCUT2D eigenvalue weighted by Gasteiger charge is 2.22. The lowest BCUT2D eigenvalue weighted by Crippen LogP contribution is -2.12. The second-order valence-corrected chi connectivity index (χ2v) is 6.43. The molecule has 1 heterocycles. The Morgan fingerprint density at radius 2 is 1.93 bits per heavy atom. The molecule has 11 heteroatoms.